The van der Waals surface area contributed by atoms with Crippen LogP contribution >= 0.6 is 0 Å². The molecule has 0 saturated heterocycles. The molecule has 0 N–H and O–H groups in total. The summed E-state index contributed by atoms with van der Waals surface area (Å²) in [5.74, 6) is 0.205. The van der Waals surface area contributed by atoms with Crippen LogP contribution in [0.4, 0.5) is 4.79 Å². The van der Waals surface area contributed by atoms with Crippen LogP contribution in [0, 0.1) is 0 Å². The first-order valence-corrected chi connectivity index (χ1v) is 5.75. The number of carbonyl (C=O) groups excluding carboxylic acids is 2. The largest absolute Gasteiger partial charge is 0.510 e. The highest BCUT2D eigenvalue weighted by Crippen LogP contribution is 1.93. The second-order valence-electron chi connectivity index (χ2n) is 3.23. The molecule has 0 amide bonds. The lowest BCUT2D eigenvalue weighted by atomic mass is 10.5. The maximum atomic E-state index is 10.9. The van der Waals surface area contributed by atoms with Gasteiger partial charge in [-0.15, -0.1) is 28.2 Å². The first-order valence-electron chi connectivity index (χ1n) is 5.75. The normalized spacial score (nSPS) is 9.30. The van der Waals surface area contributed by atoms with Crippen molar-refractivity contribution in [2.24, 2.45) is 0 Å². The van der Waals surface area contributed by atoms with Gasteiger partial charge in [-0.3, -0.25) is 4.79 Å². The minimum Gasteiger partial charge on any atom is -0.435 e. The van der Waals surface area contributed by atoms with E-state index in [1.54, 1.807) is 6.92 Å². The Morgan fingerprint density at radius 2 is 2.00 bits per heavy atom. The summed E-state index contributed by atoms with van der Waals surface area (Å²) in [7, 11) is 0. The Kier molecular flexibility index (Phi) is 9.40. The molecule has 0 aromatic carbocycles. The van der Waals surface area contributed by atoms with Crippen LogP contribution in [0.15, 0.2) is 13.2 Å². The van der Waals surface area contributed by atoms with Crippen molar-refractivity contribution in [1.29, 1.82) is 0 Å². The van der Waals surface area contributed by atoms with E-state index in [1.165, 1.54) is 6.92 Å². The molecule has 20 heavy (non-hydrogen) atoms. The van der Waals surface area contributed by atoms with Crippen LogP contribution in [-0.2, 0) is 32.3 Å². The van der Waals surface area contributed by atoms with E-state index in [2.05, 4.69) is 38.0 Å². The number of aromatic nitrogens is 4. The molecule has 0 bridgehead atoms. The maximum Gasteiger partial charge on any atom is 0.510 e. The number of hydrogen-bond acceptors (Lipinski definition) is 8. The van der Waals surface area contributed by atoms with Gasteiger partial charge in [0.15, 0.2) is 5.78 Å². The monoisotopic (exact) mass is 286 g/mol. The predicted octanol–water partition coefficient (Wildman–Crippen LogP) is 0.711. The zero-order valence-electron chi connectivity index (χ0n) is 11.6. The van der Waals surface area contributed by atoms with Crippen molar-refractivity contribution < 1.29 is 23.8 Å². The molecule has 0 spiro atoms. The number of ether oxygens (including phenoxy) is 3. The van der Waals surface area contributed by atoms with Crippen LogP contribution in [0.1, 0.15) is 19.7 Å². The van der Waals surface area contributed by atoms with Crippen LogP contribution in [0.3, 0.4) is 0 Å². The van der Waals surface area contributed by atoms with Gasteiger partial charge in [-0.25, -0.2) is 4.79 Å². The van der Waals surface area contributed by atoms with Crippen LogP contribution in [-0.4, -0.2) is 45.4 Å². The van der Waals surface area contributed by atoms with Gasteiger partial charge in [0.05, 0.1) is 6.61 Å². The molecule has 0 aliphatic heterocycles. The molecular weight excluding hydrogens is 268 g/mol. The fourth-order valence-corrected chi connectivity index (χ4v) is 0.945. The Hall–Kier alpha value is -2.29. The molecular formula is C11H18N4O5. The van der Waals surface area contributed by atoms with Gasteiger partial charge in [0, 0.05) is 0 Å². The first kappa shape index (κ1) is 17.7. The molecule has 0 atom stereocenters. The number of rotatable bonds is 7. The second kappa shape index (κ2) is 10.6. The first-order chi connectivity index (χ1) is 9.61. The van der Waals surface area contributed by atoms with E-state index in [4.69, 9.17) is 4.74 Å². The Labute approximate surface area is 116 Å². The smallest absolute Gasteiger partial charge is 0.435 e. The SMILES string of the molecule is C=C.CCOC(=O)OCn1nnc(COCC(C)=O)n1. The highest BCUT2D eigenvalue weighted by molar-refractivity contribution is 5.76. The van der Waals surface area contributed by atoms with E-state index >= 15 is 0 Å². The summed E-state index contributed by atoms with van der Waals surface area (Å²) < 4.78 is 14.2. The summed E-state index contributed by atoms with van der Waals surface area (Å²) in [6.45, 7) is 9.18. The van der Waals surface area contributed by atoms with E-state index in [1.807, 2.05) is 0 Å². The van der Waals surface area contributed by atoms with Crippen molar-refractivity contribution in [3.8, 4) is 0 Å². The lowest BCUT2D eigenvalue weighted by molar-refractivity contribution is -0.121. The van der Waals surface area contributed by atoms with Gasteiger partial charge in [-0.1, -0.05) is 0 Å². The molecule has 1 aromatic rings. The molecule has 0 saturated carbocycles. The highest BCUT2D eigenvalue weighted by Gasteiger charge is 2.06. The average Bonchev–Trinajstić information content (AvgIpc) is 2.87. The number of hydrogen-bond donors (Lipinski definition) is 0. The van der Waals surface area contributed by atoms with Crippen molar-refractivity contribution in [2.75, 3.05) is 13.2 Å². The Morgan fingerprint density at radius 3 is 2.60 bits per heavy atom. The molecule has 0 unspecified atom stereocenters. The van der Waals surface area contributed by atoms with Crippen LogP contribution in [0.5, 0.6) is 0 Å². The summed E-state index contributed by atoms with van der Waals surface area (Å²) in [6, 6.07) is 0. The van der Waals surface area contributed by atoms with E-state index in [9.17, 15) is 9.59 Å². The summed E-state index contributed by atoms with van der Waals surface area (Å²) in [5, 5.41) is 11.1. The molecule has 0 aliphatic rings. The molecule has 1 aromatic heterocycles. The highest BCUT2D eigenvalue weighted by atomic mass is 16.7. The third-order valence-electron chi connectivity index (χ3n) is 1.59. The lowest BCUT2D eigenvalue weighted by Crippen LogP contribution is -2.13. The lowest BCUT2D eigenvalue weighted by Gasteiger charge is -2.02. The van der Waals surface area contributed by atoms with E-state index in [-0.39, 0.29) is 32.3 Å². The zero-order valence-corrected chi connectivity index (χ0v) is 11.6. The number of Topliss-reactive ketones (excluding diaryl/α,β-unsaturated/α-hetero) is 1. The minimum absolute atomic E-state index is 0.00609. The average molecular weight is 286 g/mol. The predicted molar refractivity (Wildman–Crippen MR) is 67.5 cm³/mol. The molecule has 9 nitrogen and oxygen atoms in total. The van der Waals surface area contributed by atoms with Gasteiger partial charge in [-0.05, 0) is 19.1 Å². The molecule has 1 heterocycles. The second-order valence-corrected chi connectivity index (χ2v) is 3.23. The van der Waals surface area contributed by atoms with Gasteiger partial charge in [0.2, 0.25) is 12.6 Å². The van der Waals surface area contributed by atoms with Gasteiger partial charge in [0.25, 0.3) is 0 Å². The van der Waals surface area contributed by atoms with Gasteiger partial charge in [0.1, 0.15) is 13.2 Å². The molecule has 112 valence electrons. The van der Waals surface area contributed by atoms with Crippen molar-refractivity contribution in [1.82, 2.24) is 20.2 Å². The number of nitrogens with zero attached hydrogens (tertiary/aromatic N) is 4. The Balaban J connectivity index is 0.00000172. The minimum atomic E-state index is -0.802. The molecule has 9 heteroatoms. The fraction of sp³-hybridized carbons (Fsp3) is 0.545. The summed E-state index contributed by atoms with van der Waals surface area (Å²) in [6.07, 6.45) is -0.802. The fourth-order valence-electron chi connectivity index (χ4n) is 0.945. The number of ketones is 1. The standard InChI is InChI=1S/C9H14N4O5.C2H4/c1-3-17-9(15)18-6-13-11-8(10-12-13)5-16-4-7(2)14;1-2/h3-6H2,1-2H3;1-2H2. The van der Waals surface area contributed by atoms with Gasteiger partial charge >= 0.3 is 6.16 Å². The van der Waals surface area contributed by atoms with Crippen molar-refractivity contribution in [2.45, 2.75) is 27.2 Å². The number of tetrazole rings is 1. The van der Waals surface area contributed by atoms with Crippen molar-refractivity contribution >= 4 is 11.9 Å². The van der Waals surface area contributed by atoms with E-state index < -0.39 is 6.16 Å². The van der Waals surface area contributed by atoms with Crippen LogP contribution in [0.25, 0.3) is 0 Å². The Morgan fingerprint density at radius 1 is 1.30 bits per heavy atom. The summed E-state index contributed by atoms with van der Waals surface area (Å²) in [4.78, 5) is 22.6. The van der Waals surface area contributed by atoms with Crippen molar-refractivity contribution in [3.05, 3.63) is 19.0 Å². The third kappa shape index (κ3) is 7.93. The van der Waals surface area contributed by atoms with Gasteiger partial charge in [-0.2, -0.15) is 0 Å². The molecule has 1 rings (SSSR count). The van der Waals surface area contributed by atoms with Crippen LogP contribution < -0.4 is 0 Å². The van der Waals surface area contributed by atoms with E-state index in [0.29, 0.717) is 5.82 Å². The van der Waals surface area contributed by atoms with E-state index in [0.717, 1.165) is 4.80 Å². The maximum absolute atomic E-state index is 10.9. The third-order valence-corrected chi connectivity index (χ3v) is 1.59. The van der Waals surface area contributed by atoms with Crippen molar-refractivity contribution in [3.63, 3.8) is 0 Å². The summed E-state index contributed by atoms with van der Waals surface area (Å²) in [5.41, 5.74) is 0. The quantitative estimate of drug-likeness (QED) is 0.533. The Bertz CT molecular complexity index is 421. The number of carbonyl (C=O) groups is 2. The molecule has 0 fully saturated rings. The van der Waals surface area contributed by atoms with Gasteiger partial charge < -0.3 is 14.2 Å². The molecule has 0 aliphatic carbocycles. The zero-order chi connectivity index (χ0) is 15.4. The van der Waals surface area contributed by atoms with Crippen LogP contribution in [0.2, 0.25) is 0 Å². The summed E-state index contributed by atoms with van der Waals surface area (Å²) >= 11 is 0. The molecule has 0 radical (unpaired) electrons. The topological polar surface area (TPSA) is 105 Å².